The number of hydrogen-bond donors (Lipinski definition) is 0. The van der Waals surface area contributed by atoms with Gasteiger partial charge in [-0.2, -0.15) is 5.26 Å². The van der Waals surface area contributed by atoms with Crippen molar-refractivity contribution in [3.8, 4) is 11.8 Å². The van der Waals surface area contributed by atoms with Gasteiger partial charge in [0.1, 0.15) is 5.82 Å². The molecule has 0 unspecified atom stereocenters. The number of imidazole rings is 1. The van der Waals surface area contributed by atoms with Gasteiger partial charge < -0.3 is 0 Å². The van der Waals surface area contributed by atoms with Gasteiger partial charge in [-0.15, -0.1) is 0 Å². The van der Waals surface area contributed by atoms with E-state index in [9.17, 15) is 0 Å². The average Bonchev–Trinajstić information content (AvgIpc) is 2.74. The van der Waals surface area contributed by atoms with Gasteiger partial charge in [-0.1, -0.05) is 18.2 Å². The molecule has 0 aliphatic carbocycles. The Hall–Kier alpha value is -2.60. The van der Waals surface area contributed by atoms with Crippen LogP contribution in [-0.4, -0.2) is 9.55 Å². The summed E-state index contributed by atoms with van der Waals surface area (Å²) < 4.78 is 2.09. The van der Waals surface area contributed by atoms with Gasteiger partial charge in [0.15, 0.2) is 0 Å². The Bertz CT molecular complexity index is 748. The van der Waals surface area contributed by atoms with Crippen molar-refractivity contribution in [1.29, 1.82) is 5.26 Å². The van der Waals surface area contributed by atoms with Crippen molar-refractivity contribution in [3.05, 3.63) is 59.9 Å². The summed E-state index contributed by atoms with van der Waals surface area (Å²) in [4.78, 5) is 4.51. The SMILES string of the molecule is Cc1nc2cc(C#N)ccc2n1-c1ccccc1. The first kappa shape index (κ1) is 10.5. The maximum atomic E-state index is 8.91. The van der Waals surface area contributed by atoms with Gasteiger partial charge in [0.25, 0.3) is 0 Å². The fraction of sp³-hybridized carbons (Fsp3) is 0.0667. The number of rotatable bonds is 1. The second kappa shape index (κ2) is 4.01. The largest absolute Gasteiger partial charge is 0.297 e. The molecule has 0 radical (unpaired) electrons. The van der Waals surface area contributed by atoms with Crippen molar-refractivity contribution in [2.75, 3.05) is 0 Å². The molecule has 0 atom stereocenters. The third-order valence-corrected chi connectivity index (χ3v) is 2.97. The van der Waals surface area contributed by atoms with Crippen LogP contribution >= 0.6 is 0 Å². The molecule has 0 aliphatic rings. The quantitative estimate of drug-likeness (QED) is 0.647. The summed E-state index contributed by atoms with van der Waals surface area (Å²) in [6, 6.07) is 17.8. The molecule has 2 aromatic carbocycles. The summed E-state index contributed by atoms with van der Waals surface area (Å²) in [6.45, 7) is 1.97. The standard InChI is InChI=1S/C15H11N3/c1-11-17-14-9-12(10-16)7-8-15(14)18(11)13-5-3-2-4-6-13/h2-9H,1H3. The van der Waals surface area contributed by atoms with Crippen LogP contribution in [0.2, 0.25) is 0 Å². The Morgan fingerprint density at radius 3 is 2.61 bits per heavy atom. The number of aryl methyl sites for hydroxylation is 1. The number of para-hydroxylation sites is 1. The van der Waals surface area contributed by atoms with Gasteiger partial charge in [-0.25, -0.2) is 4.98 Å². The summed E-state index contributed by atoms with van der Waals surface area (Å²) in [6.07, 6.45) is 0. The van der Waals surface area contributed by atoms with E-state index in [4.69, 9.17) is 5.26 Å². The average molecular weight is 233 g/mol. The van der Waals surface area contributed by atoms with Crippen molar-refractivity contribution in [1.82, 2.24) is 9.55 Å². The van der Waals surface area contributed by atoms with Gasteiger partial charge >= 0.3 is 0 Å². The molecule has 0 fully saturated rings. The Morgan fingerprint density at radius 2 is 1.89 bits per heavy atom. The molecule has 0 spiro atoms. The van der Waals surface area contributed by atoms with Crippen molar-refractivity contribution >= 4 is 11.0 Å². The Morgan fingerprint density at radius 1 is 1.11 bits per heavy atom. The lowest BCUT2D eigenvalue weighted by Gasteiger charge is -2.06. The van der Waals surface area contributed by atoms with Crippen LogP contribution < -0.4 is 0 Å². The van der Waals surface area contributed by atoms with Crippen LogP contribution in [-0.2, 0) is 0 Å². The summed E-state index contributed by atoms with van der Waals surface area (Å²) in [5.41, 5.74) is 3.61. The predicted octanol–water partition coefficient (Wildman–Crippen LogP) is 3.21. The highest BCUT2D eigenvalue weighted by atomic mass is 15.1. The molecule has 1 heterocycles. The van der Waals surface area contributed by atoms with Gasteiger partial charge in [0.05, 0.1) is 22.7 Å². The highest BCUT2D eigenvalue weighted by molar-refractivity contribution is 5.79. The summed E-state index contributed by atoms with van der Waals surface area (Å²) in [5.74, 6) is 0.922. The van der Waals surface area contributed by atoms with Crippen LogP contribution in [0.5, 0.6) is 0 Å². The molecule has 86 valence electrons. The lowest BCUT2D eigenvalue weighted by Crippen LogP contribution is -1.95. The fourth-order valence-corrected chi connectivity index (χ4v) is 2.17. The molecule has 3 nitrogen and oxygen atoms in total. The van der Waals surface area contributed by atoms with Crippen molar-refractivity contribution < 1.29 is 0 Å². The van der Waals surface area contributed by atoms with E-state index in [1.54, 1.807) is 0 Å². The minimum atomic E-state index is 0.639. The number of hydrogen-bond acceptors (Lipinski definition) is 2. The number of aromatic nitrogens is 2. The van der Waals surface area contributed by atoms with E-state index in [0.717, 1.165) is 22.5 Å². The zero-order valence-electron chi connectivity index (χ0n) is 9.96. The van der Waals surface area contributed by atoms with Crippen LogP contribution in [0.1, 0.15) is 11.4 Å². The monoisotopic (exact) mass is 233 g/mol. The molecule has 0 amide bonds. The molecule has 0 bridgehead atoms. The minimum Gasteiger partial charge on any atom is -0.297 e. The second-order valence-corrected chi connectivity index (χ2v) is 4.15. The molecular formula is C15H11N3. The lowest BCUT2D eigenvalue weighted by molar-refractivity contribution is 1.00. The van der Waals surface area contributed by atoms with E-state index >= 15 is 0 Å². The molecule has 0 saturated heterocycles. The number of nitriles is 1. The Balaban J connectivity index is 2.31. The molecule has 3 aromatic rings. The third-order valence-electron chi connectivity index (χ3n) is 2.97. The molecule has 3 heteroatoms. The number of benzene rings is 2. The fourth-order valence-electron chi connectivity index (χ4n) is 2.17. The maximum Gasteiger partial charge on any atom is 0.111 e. The van der Waals surface area contributed by atoms with E-state index in [-0.39, 0.29) is 0 Å². The summed E-state index contributed by atoms with van der Waals surface area (Å²) in [7, 11) is 0. The molecule has 0 saturated carbocycles. The minimum absolute atomic E-state index is 0.639. The molecule has 3 rings (SSSR count). The molecule has 0 aliphatic heterocycles. The van der Waals surface area contributed by atoms with Gasteiger partial charge in [-0.3, -0.25) is 4.57 Å². The predicted molar refractivity (Wildman–Crippen MR) is 70.5 cm³/mol. The molecule has 0 N–H and O–H groups in total. The maximum absolute atomic E-state index is 8.91. The molecule has 1 aromatic heterocycles. The van der Waals surface area contributed by atoms with E-state index < -0.39 is 0 Å². The summed E-state index contributed by atoms with van der Waals surface area (Å²) in [5, 5.41) is 8.91. The first-order valence-electron chi connectivity index (χ1n) is 5.74. The van der Waals surface area contributed by atoms with Crippen LogP contribution in [0.3, 0.4) is 0 Å². The number of nitrogens with zero attached hydrogens (tertiary/aromatic N) is 3. The Labute approximate surface area is 105 Å². The van der Waals surface area contributed by atoms with Crippen molar-refractivity contribution in [2.24, 2.45) is 0 Å². The van der Waals surface area contributed by atoms with E-state index in [2.05, 4.69) is 15.6 Å². The van der Waals surface area contributed by atoms with E-state index in [1.807, 2.05) is 55.5 Å². The van der Waals surface area contributed by atoms with Crippen LogP contribution in [0, 0.1) is 18.3 Å². The van der Waals surface area contributed by atoms with Crippen molar-refractivity contribution in [2.45, 2.75) is 6.92 Å². The number of fused-ring (bicyclic) bond motifs is 1. The van der Waals surface area contributed by atoms with Crippen LogP contribution in [0.25, 0.3) is 16.7 Å². The smallest absolute Gasteiger partial charge is 0.111 e. The van der Waals surface area contributed by atoms with Gasteiger partial charge in [-0.05, 0) is 37.3 Å². The first-order valence-corrected chi connectivity index (χ1v) is 5.74. The van der Waals surface area contributed by atoms with Crippen LogP contribution in [0.15, 0.2) is 48.5 Å². The summed E-state index contributed by atoms with van der Waals surface area (Å²) >= 11 is 0. The van der Waals surface area contributed by atoms with E-state index in [0.29, 0.717) is 5.56 Å². The molecule has 18 heavy (non-hydrogen) atoms. The van der Waals surface area contributed by atoms with Gasteiger partial charge in [0.2, 0.25) is 0 Å². The van der Waals surface area contributed by atoms with Crippen molar-refractivity contribution in [3.63, 3.8) is 0 Å². The first-order chi connectivity index (χ1) is 8.79. The molecular weight excluding hydrogens is 222 g/mol. The highest BCUT2D eigenvalue weighted by Gasteiger charge is 2.09. The van der Waals surface area contributed by atoms with Gasteiger partial charge in [0, 0.05) is 5.69 Å². The normalized spacial score (nSPS) is 10.4. The zero-order valence-corrected chi connectivity index (χ0v) is 9.96. The third kappa shape index (κ3) is 1.56. The van der Waals surface area contributed by atoms with E-state index in [1.165, 1.54) is 0 Å². The topological polar surface area (TPSA) is 41.6 Å². The lowest BCUT2D eigenvalue weighted by atomic mass is 10.2. The highest BCUT2D eigenvalue weighted by Crippen LogP contribution is 2.21. The zero-order chi connectivity index (χ0) is 12.5. The second-order valence-electron chi connectivity index (χ2n) is 4.15. The Kier molecular flexibility index (Phi) is 2.35. The van der Waals surface area contributed by atoms with Crippen LogP contribution in [0.4, 0.5) is 0 Å².